The van der Waals surface area contributed by atoms with Crippen molar-refractivity contribution >= 4 is 17.5 Å². The van der Waals surface area contributed by atoms with E-state index in [1.165, 1.54) is 12.2 Å². The summed E-state index contributed by atoms with van der Waals surface area (Å²) in [5, 5.41) is 3.54. The molecule has 2 rings (SSSR count). The number of benzene rings is 1. The van der Waals surface area contributed by atoms with Gasteiger partial charge in [0.05, 0.1) is 11.1 Å². The lowest BCUT2D eigenvalue weighted by atomic mass is 9.90. The maximum Gasteiger partial charge on any atom is 0.417 e. The van der Waals surface area contributed by atoms with E-state index in [4.69, 9.17) is 0 Å². The summed E-state index contributed by atoms with van der Waals surface area (Å²) in [4.78, 5) is 28.4. The zero-order valence-corrected chi connectivity index (χ0v) is 14.1. The van der Waals surface area contributed by atoms with Crippen molar-refractivity contribution in [2.24, 2.45) is 11.1 Å². The van der Waals surface area contributed by atoms with Gasteiger partial charge in [0.15, 0.2) is 5.78 Å². The van der Waals surface area contributed by atoms with Crippen LogP contribution in [0.3, 0.4) is 0 Å². The van der Waals surface area contributed by atoms with Crippen LogP contribution in [0, 0.1) is 11.7 Å². The molecular weight excluding hydrogens is 354 g/mol. The molecule has 0 saturated heterocycles. The van der Waals surface area contributed by atoms with Crippen LogP contribution in [0.4, 0.5) is 17.6 Å². The van der Waals surface area contributed by atoms with Crippen molar-refractivity contribution in [3.8, 4) is 0 Å². The Kier molecular flexibility index (Phi) is 5.44. The standard InChI is InChI=1S/C18H15F4NO3/c1-9(2)12-8-15(10(3)6-16(12)24)23-26-17(25)13-7-11(19)4-5-14(13)18(20,21)22/h4-9H,1-3H3/b23-15-. The van der Waals surface area contributed by atoms with Gasteiger partial charge in [-0.3, -0.25) is 4.79 Å². The number of hydrogen-bond acceptors (Lipinski definition) is 4. The zero-order chi connectivity index (χ0) is 19.6. The van der Waals surface area contributed by atoms with Crippen LogP contribution in [0.2, 0.25) is 0 Å². The minimum Gasteiger partial charge on any atom is -0.312 e. The van der Waals surface area contributed by atoms with Gasteiger partial charge in [-0.05, 0) is 48.8 Å². The first kappa shape index (κ1) is 19.6. The molecule has 138 valence electrons. The number of alkyl halides is 3. The van der Waals surface area contributed by atoms with Gasteiger partial charge in [0.2, 0.25) is 0 Å². The maximum atomic E-state index is 13.3. The summed E-state index contributed by atoms with van der Waals surface area (Å²) >= 11 is 0. The van der Waals surface area contributed by atoms with Crippen molar-refractivity contribution < 1.29 is 32.0 Å². The molecule has 0 fully saturated rings. The molecule has 0 N–H and O–H groups in total. The predicted octanol–water partition coefficient (Wildman–Crippen LogP) is 4.47. The molecule has 8 heteroatoms. The molecule has 1 aliphatic rings. The van der Waals surface area contributed by atoms with Crippen molar-refractivity contribution in [2.45, 2.75) is 26.9 Å². The van der Waals surface area contributed by atoms with E-state index in [9.17, 15) is 27.2 Å². The van der Waals surface area contributed by atoms with Crippen LogP contribution < -0.4 is 0 Å². The summed E-state index contributed by atoms with van der Waals surface area (Å²) in [6.07, 6.45) is -2.15. The average Bonchev–Trinajstić information content (AvgIpc) is 2.52. The fourth-order valence-corrected chi connectivity index (χ4v) is 2.31. The topological polar surface area (TPSA) is 55.7 Å². The van der Waals surface area contributed by atoms with Crippen LogP contribution in [0.5, 0.6) is 0 Å². The molecule has 4 nitrogen and oxygen atoms in total. The molecule has 0 saturated carbocycles. The third-order valence-corrected chi connectivity index (χ3v) is 3.68. The van der Waals surface area contributed by atoms with Crippen LogP contribution in [0.15, 0.2) is 46.7 Å². The largest absolute Gasteiger partial charge is 0.417 e. The van der Waals surface area contributed by atoms with E-state index in [1.54, 1.807) is 20.8 Å². The Balaban J connectivity index is 2.34. The van der Waals surface area contributed by atoms with Crippen molar-refractivity contribution in [1.29, 1.82) is 0 Å². The molecule has 0 aromatic heterocycles. The Hall–Kier alpha value is -2.77. The summed E-state index contributed by atoms with van der Waals surface area (Å²) in [6.45, 7) is 5.11. The number of rotatable bonds is 3. The Morgan fingerprint density at radius 3 is 2.42 bits per heavy atom. The van der Waals surface area contributed by atoms with Gasteiger partial charge in [-0.1, -0.05) is 19.0 Å². The molecule has 0 amide bonds. The maximum absolute atomic E-state index is 13.3. The number of oxime groups is 1. The monoisotopic (exact) mass is 369 g/mol. The number of halogens is 4. The number of carbonyl (C=O) groups excluding carboxylic acids is 2. The Bertz CT molecular complexity index is 848. The third-order valence-electron chi connectivity index (χ3n) is 3.68. The Labute approximate surface area is 146 Å². The predicted molar refractivity (Wildman–Crippen MR) is 85.9 cm³/mol. The van der Waals surface area contributed by atoms with Gasteiger partial charge in [-0.25, -0.2) is 9.18 Å². The third kappa shape index (κ3) is 4.25. The highest BCUT2D eigenvalue weighted by Gasteiger charge is 2.36. The molecule has 0 atom stereocenters. The van der Waals surface area contributed by atoms with Gasteiger partial charge in [-0.15, -0.1) is 0 Å². The molecule has 1 aromatic rings. The summed E-state index contributed by atoms with van der Waals surface area (Å²) in [6, 6.07) is 1.50. The second-order valence-electron chi connectivity index (χ2n) is 5.99. The first-order valence-electron chi connectivity index (χ1n) is 7.61. The molecule has 0 heterocycles. The molecule has 0 spiro atoms. The van der Waals surface area contributed by atoms with Crippen molar-refractivity contribution in [2.75, 3.05) is 0 Å². The molecule has 0 aliphatic heterocycles. The van der Waals surface area contributed by atoms with E-state index in [1.807, 2.05) is 0 Å². The summed E-state index contributed by atoms with van der Waals surface area (Å²) in [5.41, 5.74) is -1.36. The van der Waals surface area contributed by atoms with E-state index < -0.39 is 29.1 Å². The molecule has 0 bridgehead atoms. The van der Waals surface area contributed by atoms with Crippen LogP contribution in [0.25, 0.3) is 0 Å². The van der Waals surface area contributed by atoms with Crippen molar-refractivity contribution in [1.82, 2.24) is 0 Å². The Morgan fingerprint density at radius 2 is 1.85 bits per heavy atom. The molecular formula is C18H15F4NO3. The number of nitrogens with zero attached hydrogens (tertiary/aromatic N) is 1. The minimum atomic E-state index is -4.85. The number of ketones is 1. The van der Waals surface area contributed by atoms with Gasteiger partial charge in [-0.2, -0.15) is 13.2 Å². The smallest absolute Gasteiger partial charge is 0.312 e. The highest BCUT2D eigenvalue weighted by molar-refractivity contribution is 6.21. The average molecular weight is 369 g/mol. The minimum absolute atomic E-state index is 0.118. The molecule has 1 aliphatic carbocycles. The highest BCUT2D eigenvalue weighted by atomic mass is 19.4. The van der Waals surface area contributed by atoms with Crippen molar-refractivity contribution in [3.05, 3.63) is 58.4 Å². The van der Waals surface area contributed by atoms with Gasteiger partial charge in [0, 0.05) is 5.57 Å². The number of hydrogen-bond donors (Lipinski definition) is 0. The highest BCUT2D eigenvalue weighted by Crippen LogP contribution is 2.32. The first-order chi connectivity index (χ1) is 12.0. The van der Waals surface area contributed by atoms with Gasteiger partial charge < -0.3 is 4.84 Å². The fraction of sp³-hybridized carbons (Fsp3) is 0.278. The molecule has 0 radical (unpaired) electrons. The van der Waals surface area contributed by atoms with E-state index in [0.717, 1.165) is 0 Å². The Morgan fingerprint density at radius 1 is 1.19 bits per heavy atom. The van der Waals surface area contributed by atoms with Crippen molar-refractivity contribution in [3.63, 3.8) is 0 Å². The van der Waals surface area contributed by atoms with Crippen LogP contribution in [0.1, 0.15) is 36.7 Å². The number of carbonyl (C=O) groups is 2. The second-order valence-corrected chi connectivity index (χ2v) is 5.99. The fourth-order valence-electron chi connectivity index (χ4n) is 2.31. The number of allylic oxidation sites excluding steroid dienone is 4. The quantitative estimate of drug-likeness (QED) is 0.342. The molecule has 26 heavy (non-hydrogen) atoms. The zero-order valence-electron chi connectivity index (χ0n) is 14.1. The normalized spacial score (nSPS) is 16.6. The van der Waals surface area contributed by atoms with E-state index in [2.05, 4.69) is 9.99 Å². The first-order valence-corrected chi connectivity index (χ1v) is 7.61. The lowest BCUT2D eigenvalue weighted by Crippen LogP contribution is -2.17. The van der Waals surface area contributed by atoms with Crippen LogP contribution in [-0.2, 0) is 15.8 Å². The van der Waals surface area contributed by atoms with Gasteiger partial charge in [0.1, 0.15) is 11.5 Å². The van der Waals surface area contributed by atoms with Gasteiger partial charge >= 0.3 is 12.1 Å². The van der Waals surface area contributed by atoms with Crippen LogP contribution >= 0.6 is 0 Å². The van der Waals surface area contributed by atoms with E-state index >= 15 is 0 Å². The van der Waals surface area contributed by atoms with Gasteiger partial charge in [0.25, 0.3) is 0 Å². The van der Waals surface area contributed by atoms with E-state index in [0.29, 0.717) is 29.3 Å². The molecule has 1 aromatic carbocycles. The summed E-state index contributed by atoms with van der Waals surface area (Å²) in [7, 11) is 0. The van der Waals surface area contributed by atoms with E-state index in [-0.39, 0.29) is 17.4 Å². The lowest BCUT2D eigenvalue weighted by molar-refractivity contribution is -0.138. The summed E-state index contributed by atoms with van der Waals surface area (Å²) in [5.74, 6) is -2.80. The summed E-state index contributed by atoms with van der Waals surface area (Å²) < 4.78 is 52.1. The SMILES string of the molecule is CC1=CC(=O)C(C(C)C)=C/C1=N/OC(=O)c1cc(F)ccc1C(F)(F)F. The lowest BCUT2D eigenvalue weighted by Gasteiger charge is -2.15. The molecule has 0 unspecified atom stereocenters. The second kappa shape index (κ2) is 7.23. The van der Waals surface area contributed by atoms with Crippen LogP contribution in [-0.4, -0.2) is 17.5 Å².